The molecule has 0 aromatic rings. The van der Waals surface area contributed by atoms with E-state index >= 15 is 0 Å². The number of nitrogens with two attached hydrogens (primary N) is 1. The lowest BCUT2D eigenvalue weighted by atomic mass is 10.2. The quantitative estimate of drug-likeness (QED) is 0.473. The Kier molecular flexibility index (Phi) is 0.982. The third kappa shape index (κ3) is 0.718. The molecule has 40 valence electrons. The summed E-state index contributed by atoms with van der Waals surface area (Å²) in [6.45, 7) is 0.688. The van der Waals surface area contributed by atoms with Crippen LogP contribution < -0.4 is 5.73 Å². The fourth-order valence-corrected chi connectivity index (χ4v) is 0.460. The van der Waals surface area contributed by atoms with Crippen molar-refractivity contribution >= 4 is 5.91 Å². The first-order valence-corrected chi connectivity index (χ1v) is 2.21. The van der Waals surface area contributed by atoms with Crippen LogP contribution >= 0.6 is 0 Å². The van der Waals surface area contributed by atoms with Crippen LogP contribution in [0.5, 0.6) is 0 Å². The highest BCUT2D eigenvalue weighted by atomic mass is 16.5. The highest BCUT2D eigenvalue weighted by molar-refractivity contribution is 5.79. The van der Waals surface area contributed by atoms with E-state index in [2.05, 4.69) is 0 Å². The largest absolute Gasteiger partial charge is 0.368 e. The van der Waals surface area contributed by atoms with Gasteiger partial charge in [0.05, 0.1) is 6.61 Å². The predicted molar refractivity (Wildman–Crippen MR) is 23.6 cm³/mol. The van der Waals surface area contributed by atoms with Gasteiger partial charge in [-0.1, -0.05) is 0 Å². The van der Waals surface area contributed by atoms with Crippen molar-refractivity contribution in [1.82, 2.24) is 0 Å². The van der Waals surface area contributed by atoms with E-state index in [1.165, 1.54) is 0 Å². The maximum absolute atomic E-state index is 10.1. The highest BCUT2D eigenvalue weighted by Crippen LogP contribution is 2.08. The second-order valence-electron chi connectivity index (χ2n) is 1.55. The zero-order valence-electron chi connectivity index (χ0n) is 3.89. The maximum atomic E-state index is 10.1. The molecule has 1 atom stereocenters. The molecule has 1 heterocycles. The Morgan fingerprint density at radius 3 is 2.43 bits per heavy atom. The average molecular weight is 101 g/mol. The van der Waals surface area contributed by atoms with E-state index in [9.17, 15) is 4.79 Å². The lowest BCUT2D eigenvalue weighted by Gasteiger charge is -2.22. The zero-order valence-corrected chi connectivity index (χ0v) is 3.89. The van der Waals surface area contributed by atoms with Gasteiger partial charge < -0.3 is 10.5 Å². The molecule has 0 aromatic heterocycles. The molecule has 1 fully saturated rings. The molecule has 1 saturated heterocycles. The fraction of sp³-hybridized carbons (Fsp3) is 0.750. The van der Waals surface area contributed by atoms with E-state index in [4.69, 9.17) is 10.5 Å². The van der Waals surface area contributed by atoms with Gasteiger partial charge in [-0.2, -0.15) is 0 Å². The Bertz CT molecular complexity index is 87.7. The first kappa shape index (κ1) is 4.59. The Morgan fingerprint density at radius 2 is 2.43 bits per heavy atom. The van der Waals surface area contributed by atoms with Crippen molar-refractivity contribution in [3.05, 3.63) is 0 Å². The van der Waals surface area contributed by atoms with Crippen molar-refractivity contribution in [2.24, 2.45) is 5.73 Å². The van der Waals surface area contributed by atoms with E-state index in [1.807, 2.05) is 0 Å². The molecule has 3 heteroatoms. The van der Waals surface area contributed by atoms with Gasteiger partial charge in [0.25, 0.3) is 0 Å². The summed E-state index contributed by atoms with van der Waals surface area (Å²) in [7, 11) is 0. The predicted octanol–water partition coefficient (Wildman–Crippen LogP) is -0.739. The third-order valence-corrected chi connectivity index (χ3v) is 1.02. The standard InChI is InChI=1S/C4H7NO2/c5-4(6)3-1-2-7-3/h3H,1-2H2,(H2,5,6)/t3-/m1/s1. The van der Waals surface area contributed by atoms with Crippen LogP contribution in [0.15, 0.2) is 0 Å². The van der Waals surface area contributed by atoms with Crippen LogP contribution in [0.4, 0.5) is 0 Å². The van der Waals surface area contributed by atoms with Crippen LogP contribution in [0, 0.1) is 0 Å². The average Bonchev–Trinajstić information content (AvgIpc) is 1.23. The van der Waals surface area contributed by atoms with Crippen LogP contribution in [0.3, 0.4) is 0 Å². The highest BCUT2D eigenvalue weighted by Gasteiger charge is 2.22. The van der Waals surface area contributed by atoms with Gasteiger partial charge in [-0.05, 0) is 0 Å². The summed E-state index contributed by atoms with van der Waals surface area (Å²) < 4.78 is 4.72. The molecule has 1 aliphatic rings. The van der Waals surface area contributed by atoms with Gasteiger partial charge >= 0.3 is 0 Å². The van der Waals surface area contributed by atoms with Crippen LogP contribution in [-0.4, -0.2) is 18.6 Å². The molecule has 0 saturated carbocycles. The maximum Gasteiger partial charge on any atom is 0.246 e. The molecule has 0 spiro atoms. The molecule has 0 radical (unpaired) electrons. The van der Waals surface area contributed by atoms with Gasteiger partial charge in [-0.25, -0.2) is 0 Å². The van der Waals surface area contributed by atoms with Gasteiger partial charge in [0, 0.05) is 6.42 Å². The Balaban J connectivity index is 2.27. The molecular weight excluding hydrogens is 94.0 g/mol. The summed E-state index contributed by atoms with van der Waals surface area (Å²) in [5.74, 6) is -0.341. The topological polar surface area (TPSA) is 52.3 Å². The number of carbonyl (C=O) groups excluding carboxylic acids is 1. The molecule has 0 aliphatic carbocycles. The molecule has 2 N–H and O–H groups in total. The first-order valence-electron chi connectivity index (χ1n) is 2.21. The first-order chi connectivity index (χ1) is 3.30. The van der Waals surface area contributed by atoms with E-state index < -0.39 is 0 Å². The van der Waals surface area contributed by atoms with Crippen molar-refractivity contribution in [2.75, 3.05) is 6.61 Å². The van der Waals surface area contributed by atoms with Crippen molar-refractivity contribution in [2.45, 2.75) is 12.5 Å². The minimum Gasteiger partial charge on any atom is -0.368 e. The summed E-state index contributed by atoms with van der Waals surface area (Å²) >= 11 is 0. The fourth-order valence-electron chi connectivity index (χ4n) is 0.460. The van der Waals surface area contributed by atoms with E-state index in [0.29, 0.717) is 6.61 Å². The molecule has 1 rings (SSSR count). The van der Waals surface area contributed by atoms with Crippen LogP contribution in [0.2, 0.25) is 0 Å². The summed E-state index contributed by atoms with van der Waals surface area (Å²) in [5.41, 5.74) is 4.83. The third-order valence-electron chi connectivity index (χ3n) is 1.02. The van der Waals surface area contributed by atoms with Crippen LogP contribution in [0.1, 0.15) is 6.42 Å². The molecule has 0 bridgehead atoms. The van der Waals surface area contributed by atoms with E-state index in [1.54, 1.807) is 0 Å². The van der Waals surface area contributed by atoms with Gasteiger partial charge in [0.1, 0.15) is 6.10 Å². The summed E-state index contributed by atoms with van der Waals surface area (Å²) in [6, 6.07) is 0. The number of amides is 1. The van der Waals surface area contributed by atoms with Crippen LogP contribution in [0.25, 0.3) is 0 Å². The number of carbonyl (C=O) groups is 1. The SMILES string of the molecule is NC(=O)[C@H]1CCO1. The van der Waals surface area contributed by atoms with Crippen molar-refractivity contribution in [1.29, 1.82) is 0 Å². The number of hydrogen-bond donors (Lipinski definition) is 1. The molecular formula is C4H7NO2. The number of primary amides is 1. The molecule has 0 aromatic carbocycles. The van der Waals surface area contributed by atoms with E-state index in [-0.39, 0.29) is 12.0 Å². The van der Waals surface area contributed by atoms with Gasteiger partial charge in [-0.3, -0.25) is 4.79 Å². The van der Waals surface area contributed by atoms with Crippen LogP contribution in [-0.2, 0) is 9.53 Å². The van der Waals surface area contributed by atoms with Crippen molar-refractivity contribution in [3.63, 3.8) is 0 Å². The molecule has 1 aliphatic heterocycles. The normalized spacial score (nSPS) is 28.9. The lowest BCUT2D eigenvalue weighted by Crippen LogP contribution is -2.39. The minimum atomic E-state index is -0.341. The van der Waals surface area contributed by atoms with Gasteiger partial charge in [0.2, 0.25) is 5.91 Å². The molecule has 3 nitrogen and oxygen atoms in total. The minimum absolute atomic E-state index is 0.278. The van der Waals surface area contributed by atoms with Gasteiger partial charge in [-0.15, -0.1) is 0 Å². The van der Waals surface area contributed by atoms with Crippen molar-refractivity contribution < 1.29 is 9.53 Å². The van der Waals surface area contributed by atoms with Gasteiger partial charge in [0.15, 0.2) is 0 Å². The molecule has 1 amide bonds. The monoisotopic (exact) mass is 101 g/mol. The second-order valence-corrected chi connectivity index (χ2v) is 1.55. The Hall–Kier alpha value is -0.570. The summed E-state index contributed by atoms with van der Waals surface area (Å²) in [5, 5.41) is 0. The second kappa shape index (κ2) is 1.50. The zero-order chi connectivity index (χ0) is 5.28. The van der Waals surface area contributed by atoms with E-state index in [0.717, 1.165) is 6.42 Å². The number of hydrogen-bond acceptors (Lipinski definition) is 2. The van der Waals surface area contributed by atoms with Crippen molar-refractivity contribution in [3.8, 4) is 0 Å². The summed E-state index contributed by atoms with van der Waals surface area (Å²) in [6.07, 6.45) is 0.523. The lowest BCUT2D eigenvalue weighted by molar-refractivity contribution is -0.141. The number of ether oxygens (including phenoxy) is 1. The Morgan fingerprint density at radius 1 is 1.86 bits per heavy atom. The molecule has 0 unspecified atom stereocenters. The molecule has 7 heavy (non-hydrogen) atoms. The smallest absolute Gasteiger partial charge is 0.246 e. The summed E-state index contributed by atoms with van der Waals surface area (Å²) in [4.78, 5) is 10.1. The Labute approximate surface area is 41.4 Å². The number of rotatable bonds is 1.